The van der Waals surface area contributed by atoms with Gasteiger partial charge in [0.25, 0.3) is 10.2 Å². The van der Waals surface area contributed by atoms with Crippen LogP contribution in [0.4, 0.5) is 10.1 Å². The van der Waals surface area contributed by atoms with Crippen LogP contribution in [0, 0.1) is 5.82 Å². The monoisotopic (exact) mass is 407 g/mol. The fourth-order valence-electron chi connectivity index (χ4n) is 3.01. The molecule has 7 nitrogen and oxygen atoms in total. The molecule has 0 unspecified atom stereocenters. The summed E-state index contributed by atoms with van der Waals surface area (Å²) >= 11 is 0. The highest BCUT2D eigenvalue weighted by molar-refractivity contribution is 7.86. The molecule has 0 bridgehead atoms. The van der Waals surface area contributed by atoms with Gasteiger partial charge in [-0.2, -0.15) is 17.0 Å². The summed E-state index contributed by atoms with van der Waals surface area (Å²) in [5.41, 5.74) is 1.12. The van der Waals surface area contributed by atoms with Gasteiger partial charge in [-0.15, -0.1) is 0 Å². The minimum Gasteiger partial charge on any atom is -0.497 e. The summed E-state index contributed by atoms with van der Waals surface area (Å²) in [5.74, 6) is -0.187. The summed E-state index contributed by atoms with van der Waals surface area (Å²) in [4.78, 5) is 12.3. The topological polar surface area (TPSA) is 79.0 Å². The highest BCUT2D eigenvalue weighted by Gasteiger charge is 2.34. The lowest BCUT2D eigenvalue weighted by atomic mass is 10.2. The van der Waals surface area contributed by atoms with Crippen LogP contribution in [0.3, 0.4) is 0 Å². The van der Waals surface area contributed by atoms with Gasteiger partial charge in [-0.1, -0.05) is 12.1 Å². The Kier molecular flexibility index (Phi) is 6.28. The van der Waals surface area contributed by atoms with Gasteiger partial charge in [-0.05, 0) is 48.4 Å². The first-order chi connectivity index (χ1) is 13.4. The normalized spacial score (nSPS) is 17.2. The molecule has 150 valence electrons. The van der Waals surface area contributed by atoms with E-state index in [0.717, 1.165) is 4.31 Å². The molecule has 0 aromatic heterocycles. The Morgan fingerprint density at radius 1 is 1.14 bits per heavy atom. The van der Waals surface area contributed by atoms with Crippen molar-refractivity contribution in [1.82, 2.24) is 8.61 Å². The van der Waals surface area contributed by atoms with Crippen LogP contribution in [0.2, 0.25) is 0 Å². The number of halogens is 1. The number of hydrogen-bond acceptors (Lipinski definition) is 4. The highest BCUT2D eigenvalue weighted by atomic mass is 32.2. The third-order valence-corrected chi connectivity index (χ3v) is 6.34. The van der Waals surface area contributed by atoms with Crippen LogP contribution in [0.25, 0.3) is 0 Å². The maximum Gasteiger partial charge on any atom is 0.282 e. The number of carbonyl (C=O) groups is 1. The van der Waals surface area contributed by atoms with Crippen molar-refractivity contribution in [3.63, 3.8) is 0 Å². The van der Waals surface area contributed by atoms with Crippen molar-refractivity contribution in [2.24, 2.45) is 0 Å². The molecule has 28 heavy (non-hydrogen) atoms. The fourth-order valence-corrected chi connectivity index (χ4v) is 4.65. The first-order valence-electron chi connectivity index (χ1n) is 8.82. The number of amides is 1. The SMILES string of the molecule is COc1ccc(NC(=O)CN2CCCN(Cc3cccc(F)c3)S2(=O)=O)cc1. The molecule has 0 aliphatic carbocycles. The van der Waals surface area contributed by atoms with Gasteiger partial charge in [0.15, 0.2) is 0 Å². The summed E-state index contributed by atoms with van der Waals surface area (Å²) in [6.45, 7) is 0.373. The number of carbonyl (C=O) groups excluding carboxylic acids is 1. The predicted molar refractivity (Wildman–Crippen MR) is 104 cm³/mol. The number of nitrogens with zero attached hydrogens (tertiary/aromatic N) is 2. The molecule has 2 aromatic rings. The van der Waals surface area contributed by atoms with Crippen molar-refractivity contribution in [1.29, 1.82) is 0 Å². The number of nitrogens with one attached hydrogen (secondary N) is 1. The summed E-state index contributed by atoms with van der Waals surface area (Å²) in [7, 11) is -2.26. The molecule has 3 rings (SSSR count). The standard InChI is InChI=1S/C19H22FN3O4S/c1-27-18-8-6-17(7-9-18)21-19(24)14-23-11-3-10-22(28(23,25)26)13-15-4-2-5-16(20)12-15/h2,4-9,12H,3,10-11,13-14H2,1H3,(H,21,24). The zero-order valence-corrected chi connectivity index (χ0v) is 16.3. The molecule has 1 aliphatic heterocycles. The predicted octanol–water partition coefficient (Wildman–Crippen LogP) is 2.23. The zero-order valence-electron chi connectivity index (χ0n) is 15.5. The van der Waals surface area contributed by atoms with Gasteiger partial charge in [-0.3, -0.25) is 4.79 Å². The molecule has 1 aliphatic rings. The van der Waals surface area contributed by atoms with Crippen LogP contribution in [0.1, 0.15) is 12.0 Å². The molecule has 1 amide bonds. The van der Waals surface area contributed by atoms with Crippen molar-refractivity contribution in [3.8, 4) is 5.75 Å². The van der Waals surface area contributed by atoms with Gasteiger partial charge in [0.1, 0.15) is 11.6 Å². The Hall–Kier alpha value is -2.49. The quantitative estimate of drug-likeness (QED) is 0.797. The summed E-state index contributed by atoms with van der Waals surface area (Å²) in [5, 5.41) is 2.68. The van der Waals surface area contributed by atoms with Crippen LogP contribution in [-0.2, 0) is 21.5 Å². The molecule has 9 heteroatoms. The molecular weight excluding hydrogens is 385 g/mol. The molecule has 1 saturated heterocycles. The van der Waals surface area contributed by atoms with E-state index in [1.54, 1.807) is 43.5 Å². The molecular formula is C19H22FN3O4S. The van der Waals surface area contributed by atoms with E-state index in [2.05, 4.69) is 5.32 Å². The van der Waals surface area contributed by atoms with Crippen molar-refractivity contribution in [2.45, 2.75) is 13.0 Å². The Morgan fingerprint density at radius 2 is 1.86 bits per heavy atom. The van der Waals surface area contributed by atoms with E-state index in [1.807, 2.05) is 0 Å². The molecule has 0 spiro atoms. The maximum atomic E-state index is 13.4. The van der Waals surface area contributed by atoms with Gasteiger partial charge in [0.05, 0.1) is 13.7 Å². The Morgan fingerprint density at radius 3 is 2.54 bits per heavy atom. The van der Waals surface area contributed by atoms with E-state index >= 15 is 0 Å². The lowest BCUT2D eigenvalue weighted by Gasteiger charge is -2.34. The lowest BCUT2D eigenvalue weighted by molar-refractivity contribution is -0.116. The van der Waals surface area contributed by atoms with Gasteiger partial charge >= 0.3 is 0 Å². The smallest absolute Gasteiger partial charge is 0.282 e. The minimum atomic E-state index is -3.81. The zero-order chi connectivity index (χ0) is 20.1. The number of hydrogen-bond donors (Lipinski definition) is 1. The number of ether oxygens (including phenoxy) is 1. The van der Waals surface area contributed by atoms with E-state index in [-0.39, 0.29) is 19.6 Å². The van der Waals surface area contributed by atoms with E-state index in [4.69, 9.17) is 4.74 Å². The van der Waals surface area contributed by atoms with E-state index in [0.29, 0.717) is 30.0 Å². The number of benzene rings is 2. The number of rotatable bonds is 6. The average Bonchev–Trinajstić information content (AvgIpc) is 2.66. The maximum absolute atomic E-state index is 13.4. The molecule has 2 aromatic carbocycles. The first kappa shape index (κ1) is 20.2. The summed E-state index contributed by atoms with van der Waals surface area (Å²) in [6.07, 6.45) is 0.588. The van der Waals surface area contributed by atoms with Gasteiger partial charge < -0.3 is 10.1 Å². The number of methoxy groups -OCH3 is 1. The second-order valence-corrected chi connectivity index (χ2v) is 8.36. The Bertz CT molecular complexity index is 934. The third kappa shape index (κ3) is 4.86. The molecule has 0 atom stereocenters. The first-order valence-corrected chi connectivity index (χ1v) is 10.2. The molecule has 1 heterocycles. The number of anilines is 1. The third-order valence-electron chi connectivity index (χ3n) is 4.41. The van der Waals surface area contributed by atoms with Crippen molar-refractivity contribution >= 4 is 21.8 Å². The van der Waals surface area contributed by atoms with Crippen LogP contribution in [0.15, 0.2) is 48.5 Å². The fraction of sp³-hybridized carbons (Fsp3) is 0.316. The second-order valence-electron chi connectivity index (χ2n) is 6.44. The van der Waals surface area contributed by atoms with Crippen molar-refractivity contribution in [3.05, 3.63) is 59.9 Å². The average molecular weight is 407 g/mol. The van der Waals surface area contributed by atoms with E-state index in [1.165, 1.54) is 16.4 Å². The molecule has 1 N–H and O–H groups in total. The lowest BCUT2D eigenvalue weighted by Crippen LogP contribution is -2.51. The van der Waals surface area contributed by atoms with Crippen molar-refractivity contribution in [2.75, 3.05) is 32.1 Å². The summed E-state index contributed by atoms with van der Waals surface area (Å²) < 4.78 is 46.5. The van der Waals surface area contributed by atoms with Crippen LogP contribution >= 0.6 is 0 Å². The van der Waals surface area contributed by atoms with Gasteiger partial charge in [0, 0.05) is 25.3 Å². The van der Waals surface area contributed by atoms with Crippen LogP contribution in [0.5, 0.6) is 5.75 Å². The van der Waals surface area contributed by atoms with Gasteiger partial charge in [0.2, 0.25) is 5.91 Å². The molecule has 0 saturated carbocycles. The van der Waals surface area contributed by atoms with Gasteiger partial charge in [-0.25, -0.2) is 4.39 Å². The highest BCUT2D eigenvalue weighted by Crippen LogP contribution is 2.20. The van der Waals surface area contributed by atoms with Crippen LogP contribution < -0.4 is 10.1 Å². The second kappa shape index (κ2) is 8.68. The van der Waals surface area contributed by atoms with E-state index < -0.39 is 21.9 Å². The van der Waals surface area contributed by atoms with Crippen LogP contribution in [-0.4, -0.2) is 49.7 Å². The van der Waals surface area contributed by atoms with E-state index in [9.17, 15) is 17.6 Å². The Labute approximate surface area is 163 Å². The largest absolute Gasteiger partial charge is 0.497 e. The minimum absolute atomic E-state index is 0.0662. The van der Waals surface area contributed by atoms with Crippen molar-refractivity contribution < 1.29 is 22.3 Å². The summed E-state index contributed by atoms with van der Waals surface area (Å²) in [6, 6.07) is 12.6. The Balaban J connectivity index is 1.65. The molecule has 0 radical (unpaired) electrons. The molecule has 1 fully saturated rings.